The molecule has 0 heterocycles. The van der Waals surface area contributed by atoms with Crippen molar-refractivity contribution in [2.45, 2.75) is 39.8 Å². The summed E-state index contributed by atoms with van der Waals surface area (Å²) >= 11 is 0. The van der Waals surface area contributed by atoms with Gasteiger partial charge in [-0.15, -0.1) is 0 Å². The van der Waals surface area contributed by atoms with Crippen LogP contribution < -0.4 is 4.72 Å². The van der Waals surface area contributed by atoms with Crippen molar-refractivity contribution in [2.24, 2.45) is 0 Å². The molecule has 1 atom stereocenters. The molecule has 14 heavy (non-hydrogen) atoms. The van der Waals surface area contributed by atoms with Crippen LogP contribution in [0.5, 0.6) is 0 Å². The molecule has 0 aliphatic rings. The van der Waals surface area contributed by atoms with Crippen LogP contribution in [0.4, 0.5) is 0 Å². The molecule has 0 aliphatic carbocycles. The predicted octanol–water partition coefficient (Wildman–Crippen LogP) is 0.139. The molecule has 0 amide bonds. The minimum absolute atomic E-state index is 0.133. The Kier molecular flexibility index (Phi) is 4.70. The summed E-state index contributed by atoms with van der Waals surface area (Å²) in [5.41, 5.74) is 0. The summed E-state index contributed by atoms with van der Waals surface area (Å²) in [7, 11) is -2.07. The summed E-state index contributed by atoms with van der Waals surface area (Å²) in [6.07, 6.45) is 0. The maximum Gasteiger partial charge on any atom is 0.280 e. The normalized spacial score (nSPS) is 14.8. The molecule has 0 saturated carbocycles. The summed E-state index contributed by atoms with van der Waals surface area (Å²) in [5.74, 6) is -0.203. The fourth-order valence-corrected chi connectivity index (χ4v) is 2.00. The second-order valence-electron chi connectivity index (χ2n) is 3.57. The molecule has 84 valence electrons. The first-order valence-electron chi connectivity index (χ1n) is 4.44. The van der Waals surface area contributed by atoms with E-state index >= 15 is 0 Å². The summed E-state index contributed by atoms with van der Waals surface area (Å²) in [6.45, 7) is 6.39. The van der Waals surface area contributed by atoms with Gasteiger partial charge in [0.05, 0.1) is 6.04 Å². The van der Waals surface area contributed by atoms with Gasteiger partial charge >= 0.3 is 0 Å². The van der Waals surface area contributed by atoms with E-state index in [-0.39, 0.29) is 11.8 Å². The molecule has 0 radical (unpaired) electrons. The van der Waals surface area contributed by atoms with E-state index < -0.39 is 16.3 Å². The molecule has 1 N–H and O–H groups in total. The van der Waals surface area contributed by atoms with Crippen molar-refractivity contribution < 1.29 is 13.2 Å². The first-order chi connectivity index (χ1) is 6.18. The van der Waals surface area contributed by atoms with Gasteiger partial charge in [0.2, 0.25) is 0 Å². The van der Waals surface area contributed by atoms with Crippen molar-refractivity contribution in [3.8, 4) is 0 Å². The lowest BCUT2D eigenvalue weighted by molar-refractivity contribution is -0.118. The Morgan fingerprint density at radius 2 is 1.71 bits per heavy atom. The largest absolute Gasteiger partial charge is 0.298 e. The highest BCUT2D eigenvalue weighted by Crippen LogP contribution is 2.01. The van der Waals surface area contributed by atoms with Crippen LogP contribution in [0.25, 0.3) is 0 Å². The average molecular weight is 222 g/mol. The van der Waals surface area contributed by atoms with E-state index in [0.717, 1.165) is 0 Å². The van der Waals surface area contributed by atoms with Gasteiger partial charge in [-0.2, -0.15) is 17.4 Å². The molecule has 1 unspecified atom stereocenters. The molecule has 0 aromatic rings. The van der Waals surface area contributed by atoms with Crippen LogP contribution in [0.1, 0.15) is 27.7 Å². The van der Waals surface area contributed by atoms with Gasteiger partial charge in [-0.05, 0) is 27.7 Å². The molecule has 0 aromatic carbocycles. The molecule has 0 aromatic heterocycles. The third-order valence-corrected chi connectivity index (χ3v) is 3.87. The maximum absolute atomic E-state index is 11.5. The monoisotopic (exact) mass is 222 g/mol. The molecule has 0 saturated heterocycles. The zero-order valence-corrected chi connectivity index (χ0v) is 10.1. The molecule has 0 fully saturated rings. The van der Waals surface area contributed by atoms with E-state index in [0.29, 0.717) is 0 Å². The van der Waals surface area contributed by atoms with Gasteiger partial charge in [0.15, 0.2) is 0 Å². The lowest BCUT2D eigenvalue weighted by Crippen LogP contribution is -2.47. The van der Waals surface area contributed by atoms with Crippen molar-refractivity contribution in [1.82, 2.24) is 9.03 Å². The number of ketones is 1. The van der Waals surface area contributed by atoms with Gasteiger partial charge in [-0.25, -0.2) is 0 Å². The first-order valence-corrected chi connectivity index (χ1v) is 5.88. The van der Waals surface area contributed by atoms with Gasteiger partial charge in [-0.3, -0.25) is 4.79 Å². The summed E-state index contributed by atoms with van der Waals surface area (Å²) in [6, 6.07) is -0.812. The molecule has 6 heteroatoms. The first kappa shape index (κ1) is 13.5. The van der Waals surface area contributed by atoms with Crippen molar-refractivity contribution in [2.75, 3.05) is 7.05 Å². The Labute approximate surface area is 85.7 Å². The van der Waals surface area contributed by atoms with Gasteiger partial charge < -0.3 is 0 Å². The highest BCUT2D eigenvalue weighted by molar-refractivity contribution is 7.87. The molecule has 0 rings (SSSR count). The highest BCUT2D eigenvalue weighted by atomic mass is 32.2. The Balaban J connectivity index is 4.58. The Morgan fingerprint density at radius 1 is 1.29 bits per heavy atom. The zero-order valence-electron chi connectivity index (χ0n) is 9.23. The summed E-state index contributed by atoms with van der Waals surface area (Å²) < 4.78 is 26.6. The summed E-state index contributed by atoms with van der Waals surface area (Å²) in [4.78, 5) is 10.9. The van der Waals surface area contributed by atoms with Gasteiger partial charge in [-0.1, -0.05) is 0 Å². The quantitative estimate of drug-likeness (QED) is 0.719. The third kappa shape index (κ3) is 3.73. The van der Waals surface area contributed by atoms with Crippen LogP contribution in [0, 0.1) is 0 Å². The van der Waals surface area contributed by atoms with Crippen molar-refractivity contribution in [3.05, 3.63) is 0 Å². The zero-order chi connectivity index (χ0) is 11.5. The number of hydrogen-bond acceptors (Lipinski definition) is 3. The number of carbonyl (C=O) groups excluding carboxylic acids is 1. The third-order valence-electron chi connectivity index (χ3n) is 2.04. The topological polar surface area (TPSA) is 66.5 Å². The number of carbonyl (C=O) groups is 1. The van der Waals surface area contributed by atoms with E-state index in [2.05, 4.69) is 4.72 Å². The fourth-order valence-electron chi connectivity index (χ4n) is 0.667. The molecule has 0 bridgehead atoms. The van der Waals surface area contributed by atoms with Gasteiger partial charge in [0, 0.05) is 13.1 Å². The Morgan fingerprint density at radius 3 is 2.00 bits per heavy atom. The number of Topliss-reactive ketones (excluding diaryl/α,β-unsaturated/α-hetero) is 1. The Hall–Kier alpha value is -0.460. The van der Waals surface area contributed by atoms with E-state index in [4.69, 9.17) is 0 Å². The maximum atomic E-state index is 11.5. The number of hydrogen-bond donors (Lipinski definition) is 1. The number of nitrogens with one attached hydrogen (secondary N) is 1. The second-order valence-corrected chi connectivity index (χ2v) is 5.33. The molecular formula is C8H18N2O3S. The number of rotatable bonds is 5. The van der Waals surface area contributed by atoms with E-state index in [1.165, 1.54) is 25.2 Å². The van der Waals surface area contributed by atoms with Crippen LogP contribution in [-0.4, -0.2) is 37.6 Å². The van der Waals surface area contributed by atoms with E-state index in [1.54, 1.807) is 13.8 Å². The molecule has 0 spiro atoms. The molecule has 5 nitrogen and oxygen atoms in total. The lowest BCUT2D eigenvalue weighted by Gasteiger charge is -2.22. The van der Waals surface area contributed by atoms with Crippen molar-refractivity contribution >= 4 is 16.0 Å². The minimum atomic E-state index is -3.54. The Bertz CT molecular complexity index is 298. The van der Waals surface area contributed by atoms with Crippen LogP contribution in [-0.2, 0) is 15.0 Å². The standard InChI is InChI=1S/C8H18N2O3S/c1-6(2)10(5)14(12,13)9-7(3)8(4)11/h6-7,9H,1-5H3. The SMILES string of the molecule is CC(=O)C(C)NS(=O)(=O)N(C)C(C)C. The van der Waals surface area contributed by atoms with Crippen LogP contribution in [0.15, 0.2) is 0 Å². The second kappa shape index (κ2) is 4.86. The van der Waals surface area contributed by atoms with E-state index in [9.17, 15) is 13.2 Å². The van der Waals surface area contributed by atoms with Crippen molar-refractivity contribution in [1.29, 1.82) is 0 Å². The molecular weight excluding hydrogens is 204 g/mol. The van der Waals surface area contributed by atoms with E-state index in [1.807, 2.05) is 0 Å². The van der Waals surface area contributed by atoms with Gasteiger partial charge in [0.1, 0.15) is 5.78 Å². The van der Waals surface area contributed by atoms with Gasteiger partial charge in [0.25, 0.3) is 10.2 Å². The van der Waals surface area contributed by atoms with Crippen LogP contribution in [0.2, 0.25) is 0 Å². The minimum Gasteiger partial charge on any atom is -0.298 e. The van der Waals surface area contributed by atoms with Crippen LogP contribution >= 0.6 is 0 Å². The fraction of sp³-hybridized carbons (Fsp3) is 0.875. The predicted molar refractivity (Wildman–Crippen MR) is 55.1 cm³/mol. The highest BCUT2D eigenvalue weighted by Gasteiger charge is 2.23. The smallest absolute Gasteiger partial charge is 0.280 e. The number of nitrogens with zero attached hydrogens (tertiary/aromatic N) is 1. The summed E-state index contributed by atoms with van der Waals surface area (Å²) in [5, 5.41) is 0. The van der Waals surface area contributed by atoms with Crippen molar-refractivity contribution in [3.63, 3.8) is 0 Å². The van der Waals surface area contributed by atoms with Crippen LogP contribution in [0.3, 0.4) is 0 Å². The lowest BCUT2D eigenvalue weighted by atomic mass is 10.3. The molecule has 0 aliphatic heterocycles. The average Bonchev–Trinajstić information content (AvgIpc) is 2.01.